The number of benzene rings is 1. The average Bonchev–Trinajstić information content (AvgIpc) is 3.20. The second kappa shape index (κ2) is 5.95. The minimum absolute atomic E-state index is 0.157. The summed E-state index contributed by atoms with van der Waals surface area (Å²) >= 11 is 3.38. The molecule has 5 heteroatoms. The molecule has 108 valence electrons. The maximum atomic E-state index is 12.3. The Labute approximate surface area is 127 Å². The Morgan fingerprint density at radius 2 is 1.90 bits per heavy atom. The van der Waals surface area contributed by atoms with Gasteiger partial charge in [-0.2, -0.15) is 0 Å². The van der Waals surface area contributed by atoms with Gasteiger partial charge in [-0.15, -0.1) is 0 Å². The van der Waals surface area contributed by atoms with Crippen molar-refractivity contribution < 1.29 is 9.59 Å². The second-order valence-corrected chi connectivity index (χ2v) is 6.47. The molecule has 1 aromatic rings. The lowest BCUT2D eigenvalue weighted by Gasteiger charge is -2.17. The van der Waals surface area contributed by atoms with E-state index in [1.807, 2.05) is 38.1 Å². The molecule has 0 spiro atoms. The summed E-state index contributed by atoms with van der Waals surface area (Å²) in [6.45, 7) is 4.66. The van der Waals surface area contributed by atoms with Crippen LogP contribution in [-0.4, -0.2) is 18.4 Å². The molecule has 0 atom stereocenters. The number of hydrogen-bond acceptors (Lipinski definition) is 2. The number of amides is 2. The van der Waals surface area contributed by atoms with Crippen LogP contribution in [0, 0.1) is 11.3 Å². The first-order valence-corrected chi connectivity index (χ1v) is 7.59. The van der Waals surface area contributed by atoms with Gasteiger partial charge in [-0.3, -0.25) is 9.59 Å². The summed E-state index contributed by atoms with van der Waals surface area (Å²) in [4.78, 5) is 24.5. The summed E-state index contributed by atoms with van der Waals surface area (Å²) in [5.74, 6) is 0.00230. The molecule has 0 unspecified atom stereocenters. The highest BCUT2D eigenvalue weighted by Gasteiger charge is 2.56. The van der Waals surface area contributed by atoms with Crippen LogP contribution in [0.1, 0.15) is 26.7 Å². The third-order valence-electron chi connectivity index (χ3n) is 3.41. The SMILES string of the molecule is CC(C)CNC(=O)C1(C(=O)Nc2ccccc2Br)CC1. The molecule has 0 heterocycles. The van der Waals surface area contributed by atoms with E-state index in [9.17, 15) is 9.59 Å². The first-order chi connectivity index (χ1) is 9.45. The Bertz CT molecular complexity index is 524. The van der Waals surface area contributed by atoms with Gasteiger partial charge in [0, 0.05) is 11.0 Å². The zero-order valence-corrected chi connectivity index (χ0v) is 13.3. The molecular weight excluding hydrogens is 320 g/mol. The van der Waals surface area contributed by atoms with Gasteiger partial charge in [-0.25, -0.2) is 0 Å². The van der Waals surface area contributed by atoms with E-state index >= 15 is 0 Å². The number of para-hydroxylation sites is 1. The van der Waals surface area contributed by atoms with Gasteiger partial charge in [0.2, 0.25) is 11.8 Å². The number of rotatable bonds is 5. The van der Waals surface area contributed by atoms with Crippen molar-refractivity contribution in [2.75, 3.05) is 11.9 Å². The third-order valence-corrected chi connectivity index (χ3v) is 4.10. The van der Waals surface area contributed by atoms with Gasteiger partial charge in [0.05, 0.1) is 5.69 Å². The Morgan fingerprint density at radius 1 is 1.25 bits per heavy atom. The molecule has 2 rings (SSSR count). The highest BCUT2D eigenvalue weighted by atomic mass is 79.9. The highest BCUT2D eigenvalue weighted by Crippen LogP contribution is 2.47. The Balaban J connectivity index is 2.02. The minimum atomic E-state index is -0.871. The molecule has 0 aliphatic heterocycles. The van der Waals surface area contributed by atoms with Crippen molar-refractivity contribution in [3.8, 4) is 0 Å². The number of anilines is 1. The Morgan fingerprint density at radius 3 is 2.45 bits per heavy atom. The molecule has 2 amide bonds. The van der Waals surface area contributed by atoms with Crippen LogP contribution in [0.15, 0.2) is 28.7 Å². The maximum Gasteiger partial charge on any atom is 0.240 e. The van der Waals surface area contributed by atoms with Crippen molar-refractivity contribution in [1.82, 2.24) is 5.32 Å². The molecule has 1 aromatic carbocycles. The van der Waals surface area contributed by atoms with Gasteiger partial charge in [0.25, 0.3) is 0 Å². The maximum absolute atomic E-state index is 12.3. The van der Waals surface area contributed by atoms with Crippen LogP contribution in [0.2, 0.25) is 0 Å². The summed E-state index contributed by atoms with van der Waals surface area (Å²) in [5, 5.41) is 5.69. The molecule has 0 aromatic heterocycles. The van der Waals surface area contributed by atoms with Gasteiger partial charge >= 0.3 is 0 Å². The quantitative estimate of drug-likeness (QED) is 0.811. The number of halogens is 1. The van der Waals surface area contributed by atoms with Crippen molar-refractivity contribution in [2.45, 2.75) is 26.7 Å². The topological polar surface area (TPSA) is 58.2 Å². The second-order valence-electron chi connectivity index (χ2n) is 5.62. The average molecular weight is 339 g/mol. The minimum Gasteiger partial charge on any atom is -0.355 e. The zero-order chi connectivity index (χ0) is 14.8. The van der Waals surface area contributed by atoms with E-state index in [1.54, 1.807) is 0 Å². The van der Waals surface area contributed by atoms with Gasteiger partial charge in [-0.05, 0) is 46.8 Å². The number of nitrogens with one attached hydrogen (secondary N) is 2. The van der Waals surface area contributed by atoms with Gasteiger partial charge in [0.15, 0.2) is 0 Å². The highest BCUT2D eigenvalue weighted by molar-refractivity contribution is 9.10. The molecule has 0 radical (unpaired) electrons. The largest absolute Gasteiger partial charge is 0.355 e. The predicted molar refractivity (Wildman–Crippen MR) is 82.3 cm³/mol. The molecule has 1 fully saturated rings. The lowest BCUT2D eigenvalue weighted by atomic mass is 10.0. The smallest absolute Gasteiger partial charge is 0.240 e. The van der Waals surface area contributed by atoms with E-state index in [0.29, 0.717) is 31.0 Å². The fraction of sp³-hybridized carbons (Fsp3) is 0.467. The molecule has 0 bridgehead atoms. The summed E-state index contributed by atoms with van der Waals surface area (Å²) in [7, 11) is 0. The summed E-state index contributed by atoms with van der Waals surface area (Å²) in [5.41, 5.74) is -0.176. The predicted octanol–water partition coefficient (Wildman–Crippen LogP) is 2.94. The van der Waals surface area contributed by atoms with Crippen LogP contribution in [0.4, 0.5) is 5.69 Å². The first kappa shape index (κ1) is 15.0. The van der Waals surface area contributed by atoms with E-state index in [2.05, 4.69) is 26.6 Å². The number of hydrogen-bond donors (Lipinski definition) is 2. The van der Waals surface area contributed by atoms with E-state index < -0.39 is 5.41 Å². The monoisotopic (exact) mass is 338 g/mol. The third kappa shape index (κ3) is 3.20. The van der Waals surface area contributed by atoms with Crippen LogP contribution in [0.5, 0.6) is 0 Å². The van der Waals surface area contributed by atoms with Crippen LogP contribution in [-0.2, 0) is 9.59 Å². The van der Waals surface area contributed by atoms with Gasteiger partial charge in [0.1, 0.15) is 5.41 Å². The summed E-state index contributed by atoms with van der Waals surface area (Å²) in [6.07, 6.45) is 1.24. The standard InChI is InChI=1S/C15H19BrN2O2/c1-10(2)9-17-13(19)15(7-8-15)14(20)18-12-6-4-3-5-11(12)16/h3-6,10H,7-9H2,1-2H3,(H,17,19)(H,18,20). The Hall–Kier alpha value is -1.36. The molecule has 2 N–H and O–H groups in total. The molecule has 1 saturated carbocycles. The summed E-state index contributed by atoms with van der Waals surface area (Å²) < 4.78 is 0.812. The van der Waals surface area contributed by atoms with Crippen LogP contribution in [0.25, 0.3) is 0 Å². The Kier molecular flexibility index (Phi) is 4.48. The lowest BCUT2D eigenvalue weighted by Crippen LogP contribution is -2.41. The van der Waals surface area contributed by atoms with Crippen LogP contribution < -0.4 is 10.6 Å². The molecule has 20 heavy (non-hydrogen) atoms. The van der Waals surface area contributed by atoms with E-state index in [-0.39, 0.29) is 11.8 Å². The first-order valence-electron chi connectivity index (χ1n) is 6.80. The molecule has 0 saturated heterocycles. The van der Waals surface area contributed by atoms with E-state index in [4.69, 9.17) is 0 Å². The zero-order valence-electron chi connectivity index (χ0n) is 11.7. The fourth-order valence-electron chi connectivity index (χ4n) is 1.95. The molecule has 1 aliphatic rings. The van der Waals surface area contributed by atoms with E-state index in [1.165, 1.54) is 0 Å². The molecule has 1 aliphatic carbocycles. The number of carbonyl (C=O) groups excluding carboxylic acids is 2. The normalized spacial score (nSPS) is 15.8. The number of carbonyl (C=O) groups is 2. The van der Waals surface area contributed by atoms with Crippen molar-refractivity contribution in [3.05, 3.63) is 28.7 Å². The summed E-state index contributed by atoms with van der Waals surface area (Å²) in [6, 6.07) is 7.39. The molecule has 4 nitrogen and oxygen atoms in total. The van der Waals surface area contributed by atoms with Gasteiger partial charge < -0.3 is 10.6 Å². The van der Waals surface area contributed by atoms with Crippen molar-refractivity contribution in [1.29, 1.82) is 0 Å². The van der Waals surface area contributed by atoms with E-state index in [0.717, 1.165) is 4.47 Å². The van der Waals surface area contributed by atoms with Crippen LogP contribution in [0.3, 0.4) is 0 Å². The lowest BCUT2D eigenvalue weighted by molar-refractivity contribution is -0.134. The fourth-order valence-corrected chi connectivity index (χ4v) is 2.34. The van der Waals surface area contributed by atoms with Crippen molar-refractivity contribution in [2.24, 2.45) is 11.3 Å². The van der Waals surface area contributed by atoms with Crippen LogP contribution >= 0.6 is 15.9 Å². The van der Waals surface area contributed by atoms with Crippen molar-refractivity contribution in [3.63, 3.8) is 0 Å². The van der Waals surface area contributed by atoms with Gasteiger partial charge in [-0.1, -0.05) is 26.0 Å². The van der Waals surface area contributed by atoms with Crippen molar-refractivity contribution >= 4 is 33.4 Å². The molecular formula is C15H19BrN2O2.